The first-order valence-electron chi connectivity index (χ1n) is 6.41. The van der Waals surface area contributed by atoms with Crippen molar-refractivity contribution >= 4 is 17.6 Å². The highest BCUT2D eigenvalue weighted by Gasteiger charge is 2.37. The fourth-order valence-corrected chi connectivity index (χ4v) is 2.40. The molecule has 0 atom stereocenters. The zero-order valence-electron chi connectivity index (χ0n) is 11.4. The van der Waals surface area contributed by atoms with E-state index in [4.69, 9.17) is 0 Å². The highest BCUT2D eigenvalue weighted by atomic mass is 19.4. The lowest BCUT2D eigenvalue weighted by atomic mass is 10.0. The van der Waals surface area contributed by atoms with Crippen molar-refractivity contribution in [2.45, 2.75) is 25.4 Å². The van der Waals surface area contributed by atoms with Crippen LogP contribution in [-0.2, 0) is 26.9 Å². The zero-order chi connectivity index (χ0) is 15.6. The summed E-state index contributed by atoms with van der Waals surface area (Å²) in [6.45, 7) is 0.197. The first kappa shape index (κ1) is 15.3. The maximum absolute atomic E-state index is 12.9. The number of methoxy groups -OCH3 is 1. The fourth-order valence-electron chi connectivity index (χ4n) is 2.40. The van der Waals surface area contributed by atoms with E-state index in [1.807, 2.05) is 0 Å². The van der Waals surface area contributed by atoms with Gasteiger partial charge in [-0.25, -0.2) is 0 Å². The molecular formula is C14H14F3NO3. The molecule has 1 aromatic carbocycles. The highest BCUT2D eigenvalue weighted by Crippen LogP contribution is 2.39. The van der Waals surface area contributed by atoms with Crippen LogP contribution in [-0.4, -0.2) is 25.5 Å². The van der Waals surface area contributed by atoms with Crippen LogP contribution in [0.2, 0.25) is 0 Å². The van der Waals surface area contributed by atoms with Gasteiger partial charge in [0.15, 0.2) is 0 Å². The molecule has 7 heteroatoms. The molecule has 0 aliphatic carbocycles. The molecule has 1 aliphatic rings. The summed E-state index contributed by atoms with van der Waals surface area (Å²) in [6, 6.07) is 3.79. The van der Waals surface area contributed by atoms with Gasteiger partial charge < -0.3 is 9.64 Å². The van der Waals surface area contributed by atoms with Crippen molar-refractivity contribution in [2.75, 3.05) is 18.6 Å². The summed E-state index contributed by atoms with van der Waals surface area (Å²) in [7, 11) is 1.22. The van der Waals surface area contributed by atoms with Gasteiger partial charge in [0.05, 0.1) is 19.1 Å². The number of rotatable bonds is 3. The second kappa shape index (κ2) is 5.75. The van der Waals surface area contributed by atoms with Gasteiger partial charge in [-0.1, -0.05) is 6.07 Å². The summed E-state index contributed by atoms with van der Waals surface area (Å²) in [5, 5.41) is 0. The third-order valence-corrected chi connectivity index (χ3v) is 3.40. The van der Waals surface area contributed by atoms with Crippen molar-refractivity contribution in [3.8, 4) is 0 Å². The van der Waals surface area contributed by atoms with Crippen molar-refractivity contribution in [3.63, 3.8) is 0 Å². The van der Waals surface area contributed by atoms with Gasteiger partial charge in [0.1, 0.15) is 0 Å². The van der Waals surface area contributed by atoms with Crippen LogP contribution in [0.5, 0.6) is 0 Å². The Kier molecular flexibility index (Phi) is 4.20. The van der Waals surface area contributed by atoms with Gasteiger partial charge in [0.2, 0.25) is 5.91 Å². The van der Waals surface area contributed by atoms with Crippen molar-refractivity contribution < 1.29 is 27.5 Å². The molecule has 2 rings (SSSR count). The number of anilines is 1. The Bertz CT molecular complexity index is 569. The van der Waals surface area contributed by atoms with Gasteiger partial charge in [-0.2, -0.15) is 13.2 Å². The summed E-state index contributed by atoms with van der Waals surface area (Å²) in [6.07, 6.45) is -4.44. The number of amides is 1. The molecular weight excluding hydrogens is 287 g/mol. The van der Waals surface area contributed by atoms with Crippen LogP contribution >= 0.6 is 0 Å². The Morgan fingerprint density at radius 1 is 1.29 bits per heavy atom. The monoisotopic (exact) mass is 301 g/mol. The maximum Gasteiger partial charge on any atom is 0.416 e. The standard InChI is InChI=1S/C14H14F3NO3/c1-21-13(20)6-5-12(19)18-8-7-9-10(14(15,16)17)3-2-4-11(9)18/h2-4H,5-8H2,1H3. The molecule has 0 bridgehead atoms. The minimum atomic E-state index is -4.43. The molecule has 21 heavy (non-hydrogen) atoms. The molecule has 0 N–H and O–H groups in total. The van der Waals surface area contributed by atoms with Gasteiger partial charge >= 0.3 is 12.1 Å². The number of esters is 1. The normalized spacial score (nSPS) is 14.0. The molecule has 0 aromatic heterocycles. The minimum Gasteiger partial charge on any atom is -0.469 e. The quantitative estimate of drug-likeness (QED) is 0.806. The Hall–Kier alpha value is -2.05. The number of benzene rings is 1. The third kappa shape index (κ3) is 3.17. The van der Waals surface area contributed by atoms with E-state index in [1.54, 1.807) is 0 Å². The van der Waals surface area contributed by atoms with E-state index in [2.05, 4.69) is 4.74 Å². The lowest BCUT2D eigenvalue weighted by molar-refractivity contribution is -0.142. The number of hydrogen-bond donors (Lipinski definition) is 0. The second-order valence-electron chi connectivity index (χ2n) is 4.67. The number of nitrogens with zero attached hydrogens (tertiary/aromatic N) is 1. The smallest absolute Gasteiger partial charge is 0.416 e. The summed E-state index contributed by atoms with van der Waals surface area (Å²) in [5.41, 5.74) is -0.292. The Balaban J connectivity index is 2.19. The molecule has 1 amide bonds. The lowest BCUT2D eigenvalue weighted by Gasteiger charge is -2.18. The molecule has 1 aliphatic heterocycles. The van der Waals surface area contributed by atoms with Crippen molar-refractivity contribution in [1.29, 1.82) is 0 Å². The Labute approximate surface area is 119 Å². The SMILES string of the molecule is COC(=O)CCC(=O)N1CCc2c1cccc2C(F)(F)F. The molecule has 0 saturated carbocycles. The van der Waals surface area contributed by atoms with Crippen molar-refractivity contribution in [1.82, 2.24) is 0 Å². The van der Waals surface area contributed by atoms with E-state index in [0.29, 0.717) is 0 Å². The van der Waals surface area contributed by atoms with E-state index in [0.717, 1.165) is 6.07 Å². The van der Waals surface area contributed by atoms with E-state index < -0.39 is 17.7 Å². The summed E-state index contributed by atoms with van der Waals surface area (Å²) < 4.78 is 43.2. The number of halogens is 3. The van der Waals surface area contributed by atoms with Gasteiger partial charge in [-0.05, 0) is 24.1 Å². The van der Waals surface area contributed by atoms with Crippen LogP contribution < -0.4 is 4.90 Å². The van der Waals surface area contributed by atoms with E-state index in [-0.39, 0.29) is 43.0 Å². The van der Waals surface area contributed by atoms with Gasteiger partial charge in [0.25, 0.3) is 0 Å². The van der Waals surface area contributed by atoms with Crippen LogP contribution in [0.15, 0.2) is 18.2 Å². The topological polar surface area (TPSA) is 46.6 Å². The van der Waals surface area contributed by atoms with Crippen LogP contribution in [0.1, 0.15) is 24.0 Å². The summed E-state index contributed by atoms with van der Waals surface area (Å²) >= 11 is 0. The number of carbonyl (C=O) groups is 2. The summed E-state index contributed by atoms with van der Waals surface area (Å²) in [4.78, 5) is 24.3. The number of alkyl halides is 3. The maximum atomic E-state index is 12.9. The molecule has 1 aromatic rings. The van der Waals surface area contributed by atoms with E-state index in [1.165, 1.54) is 24.1 Å². The van der Waals surface area contributed by atoms with Crippen LogP contribution in [0.25, 0.3) is 0 Å². The number of hydrogen-bond acceptors (Lipinski definition) is 3. The average molecular weight is 301 g/mol. The van der Waals surface area contributed by atoms with Gasteiger partial charge in [-0.3, -0.25) is 9.59 Å². The molecule has 0 radical (unpaired) electrons. The highest BCUT2D eigenvalue weighted by molar-refractivity contribution is 5.97. The third-order valence-electron chi connectivity index (χ3n) is 3.40. The molecule has 0 spiro atoms. The van der Waals surface area contributed by atoms with Crippen molar-refractivity contribution in [2.24, 2.45) is 0 Å². The summed E-state index contributed by atoms with van der Waals surface area (Å²) in [5.74, 6) is -0.898. The average Bonchev–Trinajstić information content (AvgIpc) is 2.86. The van der Waals surface area contributed by atoms with Crippen molar-refractivity contribution in [3.05, 3.63) is 29.3 Å². The molecule has 0 fully saturated rings. The van der Waals surface area contributed by atoms with E-state index >= 15 is 0 Å². The number of ether oxygens (including phenoxy) is 1. The second-order valence-corrected chi connectivity index (χ2v) is 4.67. The zero-order valence-corrected chi connectivity index (χ0v) is 11.4. The number of carbonyl (C=O) groups excluding carboxylic acids is 2. The molecule has 1 heterocycles. The molecule has 114 valence electrons. The minimum absolute atomic E-state index is 0.0810. The predicted molar refractivity (Wildman–Crippen MR) is 68.8 cm³/mol. The molecule has 4 nitrogen and oxygen atoms in total. The fraction of sp³-hybridized carbons (Fsp3) is 0.429. The van der Waals surface area contributed by atoms with Gasteiger partial charge in [0, 0.05) is 18.7 Å². The largest absolute Gasteiger partial charge is 0.469 e. The number of fused-ring (bicyclic) bond motifs is 1. The Morgan fingerprint density at radius 2 is 2.00 bits per heavy atom. The van der Waals surface area contributed by atoms with Crippen LogP contribution in [0.3, 0.4) is 0 Å². The molecule has 0 saturated heterocycles. The van der Waals surface area contributed by atoms with Crippen LogP contribution in [0.4, 0.5) is 18.9 Å². The first-order chi connectivity index (χ1) is 9.84. The Morgan fingerprint density at radius 3 is 2.62 bits per heavy atom. The molecule has 0 unspecified atom stereocenters. The van der Waals surface area contributed by atoms with E-state index in [9.17, 15) is 22.8 Å². The predicted octanol–water partition coefficient (Wildman–Crippen LogP) is 2.55. The van der Waals surface area contributed by atoms with Crippen LogP contribution in [0, 0.1) is 0 Å². The van der Waals surface area contributed by atoms with Gasteiger partial charge in [-0.15, -0.1) is 0 Å². The lowest BCUT2D eigenvalue weighted by Crippen LogP contribution is -2.29. The first-order valence-corrected chi connectivity index (χ1v) is 6.41.